The van der Waals surface area contributed by atoms with Gasteiger partial charge in [-0.15, -0.1) is 10.2 Å². The average Bonchev–Trinajstić information content (AvgIpc) is 3.24. The smallest absolute Gasteiger partial charge is 0.237 e. The summed E-state index contributed by atoms with van der Waals surface area (Å²) in [5.74, 6) is 1.64. The van der Waals surface area contributed by atoms with Crippen LogP contribution in [0.5, 0.6) is 0 Å². The normalized spacial score (nSPS) is 11.3. The summed E-state index contributed by atoms with van der Waals surface area (Å²) in [7, 11) is 0. The van der Waals surface area contributed by atoms with Gasteiger partial charge < -0.3 is 4.52 Å². The molecule has 0 saturated heterocycles. The zero-order valence-electron chi connectivity index (χ0n) is 17.0. The van der Waals surface area contributed by atoms with Crippen molar-refractivity contribution in [2.45, 2.75) is 31.0 Å². The summed E-state index contributed by atoms with van der Waals surface area (Å²) < 4.78 is 19.1. The standard InChI is InChI=1S/C23H20BrFN4OS/c1-14(2)11-15-3-5-16(6-4-15)20-9-10-22(28-27-20)31-13-21-26-23(29-30-21)17-7-8-19(25)18(24)12-17/h3-10,12,14H,11,13H2,1-2H3. The van der Waals surface area contributed by atoms with Gasteiger partial charge in [0, 0.05) is 11.1 Å². The molecule has 0 bridgehead atoms. The van der Waals surface area contributed by atoms with Crippen LogP contribution in [0.3, 0.4) is 0 Å². The van der Waals surface area contributed by atoms with Gasteiger partial charge in [0.05, 0.1) is 15.9 Å². The molecule has 0 aliphatic carbocycles. The van der Waals surface area contributed by atoms with Crippen LogP contribution < -0.4 is 0 Å². The molecule has 2 heterocycles. The van der Waals surface area contributed by atoms with E-state index in [-0.39, 0.29) is 5.82 Å². The molecule has 5 nitrogen and oxygen atoms in total. The molecule has 8 heteroatoms. The quantitative estimate of drug-likeness (QED) is 0.268. The summed E-state index contributed by atoms with van der Waals surface area (Å²) in [5.41, 5.74) is 3.88. The fourth-order valence-electron chi connectivity index (χ4n) is 3.04. The number of thioether (sulfide) groups is 1. The third kappa shape index (κ3) is 5.57. The van der Waals surface area contributed by atoms with Gasteiger partial charge >= 0.3 is 0 Å². The Bertz CT molecular complexity index is 1160. The van der Waals surface area contributed by atoms with Gasteiger partial charge in [0.2, 0.25) is 11.7 Å². The van der Waals surface area contributed by atoms with E-state index in [1.54, 1.807) is 12.1 Å². The highest BCUT2D eigenvalue weighted by atomic mass is 79.9. The first-order chi connectivity index (χ1) is 15.0. The number of aromatic nitrogens is 4. The molecule has 0 unspecified atom stereocenters. The number of halogens is 2. The molecule has 2 aromatic carbocycles. The van der Waals surface area contributed by atoms with E-state index in [4.69, 9.17) is 4.52 Å². The number of hydrogen-bond donors (Lipinski definition) is 0. The average molecular weight is 499 g/mol. The van der Waals surface area contributed by atoms with Crippen LogP contribution in [0.2, 0.25) is 0 Å². The van der Waals surface area contributed by atoms with Crippen LogP contribution in [-0.4, -0.2) is 20.3 Å². The number of rotatable bonds is 7. The number of nitrogens with zero attached hydrogens (tertiary/aromatic N) is 4. The summed E-state index contributed by atoms with van der Waals surface area (Å²) in [5, 5.41) is 13.4. The molecule has 0 saturated carbocycles. The Morgan fingerprint density at radius 1 is 1.00 bits per heavy atom. The lowest BCUT2D eigenvalue weighted by atomic mass is 10.0. The van der Waals surface area contributed by atoms with Crippen molar-refractivity contribution < 1.29 is 8.91 Å². The summed E-state index contributed by atoms with van der Waals surface area (Å²) in [6.45, 7) is 4.43. The molecule has 4 aromatic rings. The lowest BCUT2D eigenvalue weighted by Crippen LogP contribution is -1.94. The van der Waals surface area contributed by atoms with Crippen LogP contribution in [0.4, 0.5) is 4.39 Å². The van der Waals surface area contributed by atoms with Gasteiger partial charge in [-0.1, -0.05) is 55.0 Å². The molecule has 0 aliphatic heterocycles. The van der Waals surface area contributed by atoms with Gasteiger partial charge in [-0.25, -0.2) is 4.39 Å². The van der Waals surface area contributed by atoms with Crippen LogP contribution >= 0.6 is 27.7 Å². The van der Waals surface area contributed by atoms with Crippen molar-refractivity contribution in [2.75, 3.05) is 0 Å². The molecular formula is C23H20BrFN4OS. The molecule has 0 aliphatic rings. The maximum atomic E-state index is 13.4. The van der Waals surface area contributed by atoms with Gasteiger partial charge in [-0.3, -0.25) is 0 Å². The molecule has 158 valence electrons. The van der Waals surface area contributed by atoms with Gasteiger partial charge in [0.15, 0.2) is 0 Å². The Labute approximate surface area is 192 Å². The van der Waals surface area contributed by atoms with Crippen LogP contribution in [0.15, 0.2) is 68.6 Å². The predicted molar refractivity (Wildman–Crippen MR) is 123 cm³/mol. The Morgan fingerprint density at radius 3 is 2.45 bits per heavy atom. The minimum absolute atomic E-state index is 0.337. The van der Waals surface area contributed by atoms with Crippen LogP contribution in [-0.2, 0) is 12.2 Å². The van der Waals surface area contributed by atoms with E-state index in [1.807, 2.05) is 12.1 Å². The van der Waals surface area contributed by atoms with Crippen LogP contribution in [0.1, 0.15) is 25.3 Å². The van der Waals surface area contributed by atoms with Crippen molar-refractivity contribution >= 4 is 27.7 Å². The van der Waals surface area contributed by atoms with E-state index in [9.17, 15) is 4.39 Å². The Balaban J connectivity index is 1.37. The Hall–Kier alpha value is -2.58. The molecule has 4 rings (SSSR count). The summed E-state index contributed by atoms with van der Waals surface area (Å²) in [6.07, 6.45) is 1.07. The molecular weight excluding hydrogens is 479 g/mol. The van der Waals surface area contributed by atoms with Crippen molar-refractivity contribution in [3.63, 3.8) is 0 Å². The molecule has 0 amide bonds. The molecule has 2 aromatic heterocycles. The first-order valence-electron chi connectivity index (χ1n) is 9.82. The highest BCUT2D eigenvalue weighted by Crippen LogP contribution is 2.26. The molecule has 31 heavy (non-hydrogen) atoms. The van der Waals surface area contributed by atoms with E-state index >= 15 is 0 Å². The molecule has 0 spiro atoms. The number of benzene rings is 2. The molecule has 0 fully saturated rings. The lowest BCUT2D eigenvalue weighted by Gasteiger charge is -2.06. The number of hydrogen-bond acceptors (Lipinski definition) is 6. The zero-order chi connectivity index (χ0) is 21.8. The maximum absolute atomic E-state index is 13.4. The van der Waals surface area contributed by atoms with Gasteiger partial charge in [0.25, 0.3) is 0 Å². The minimum Gasteiger partial charge on any atom is -0.338 e. The summed E-state index contributed by atoms with van der Waals surface area (Å²) >= 11 is 4.63. The second-order valence-electron chi connectivity index (χ2n) is 7.48. The van der Waals surface area contributed by atoms with E-state index in [2.05, 4.69) is 74.4 Å². The van der Waals surface area contributed by atoms with Gasteiger partial charge in [-0.2, -0.15) is 4.98 Å². The zero-order valence-corrected chi connectivity index (χ0v) is 19.5. The third-order valence-electron chi connectivity index (χ3n) is 4.52. The monoisotopic (exact) mass is 498 g/mol. The van der Waals surface area contributed by atoms with Crippen LogP contribution in [0, 0.1) is 11.7 Å². The minimum atomic E-state index is -0.337. The van der Waals surface area contributed by atoms with Crippen molar-refractivity contribution in [2.24, 2.45) is 5.92 Å². The van der Waals surface area contributed by atoms with Gasteiger partial charge in [0.1, 0.15) is 10.8 Å². The van der Waals surface area contributed by atoms with E-state index in [0.717, 1.165) is 22.7 Å². The van der Waals surface area contributed by atoms with E-state index in [1.165, 1.54) is 23.4 Å². The first kappa shape index (κ1) is 21.6. The fourth-order valence-corrected chi connectivity index (χ4v) is 4.07. The van der Waals surface area contributed by atoms with E-state index < -0.39 is 0 Å². The molecule has 0 atom stereocenters. The lowest BCUT2D eigenvalue weighted by molar-refractivity contribution is 0.391. The topological polar surface area (TPSA) is 64.7 Å². The highest BCUT2D eigenvalue weighted by Gasteiger charge is 2.12. The Morgan fingerprint density at radius 2 is 1.77 bits per heavy atom. The second kappa shape index (κ2) is 9.70. The summed E-state index contributed by atoms with van der Waals surface area (Å²) in [4.78, 5) is 4.37. The maximum Gasteiger partial charge on any atom is 0.237 e. The van der Waals surface area contributed by atoms with Crippen molar-refractivity contribution in [1.82, 2.24) is 20.3 Å². The third-order valence-corrected chi connectivity index (χ3v) is 6.04. The largest absolute Gasteiger partial charge is 0.338 e. The molecule has 0 N–H and O–H groups in total. The first-order valence-corrected chi connectivity index (χ1v) is 11.6. The Kier molecular flexibility index (Phi) is 6.77. The van der Waals surface area contributed by atoms with Crippen LogP contribution in [0.25, 0.3) is 22.6 Å². The van der Waals surface area contributed by atoms with Crippen molar-refractivity contribution in [1.29, 1.82) is 0 Å². The summed E-state index contributed by atoms with van der Waals surface area (Å²) in [6, 6.07) is 17.0. The van der Waals surface area contributed by atoms with Crippen molar-refractivity contribution in [3.05, 3.63) is 76.3 Å². The molecule has 0 radical (unpaired) electrons. The fraction of sp³-hybridized carbons (Fsp3) is 0.217. The van der Waals surface area contributed by atoms with Crippen molar-refractivity contribution in [3.8, 4) is 22.6 Å². The SMILES string of the molecule is CC(C)Cc1ccc(-c2ccc(SCc3nc(-c4ccc(F)c(Br)c4)no3)nn2)cc1. The highest BCUT2D eigenvalue weighted by molar-refractivity contribution is 9.10. The van der Waals surface area contributed by atoms with E-state index in [0.29, 0.717) is 33.4 Å². The second-order valence-corrected chi connectivity index (χ2v) is 9.33. The predicted octanol–water partition coefficient (Wildman–Crippen LogP) is 6.59. The van der Waals surface area contributed by atoms with Gasteiger partial charge in [-0.05, 0) is 64.2 Å².